The van der Waals surface area contributed by atoms with Crippen LogP contribution in [-0.2, 0) is 4.79 Å². The molecule has 1 aliphatic rings. The lowest BCUT2D eigenvalue weighted by Gasteiger charge is -2.35. The summed E-state index contributed by atoms with van der Waals surface area (Å²) < 4.78 is 5.79. The molecular weight excluding hydrogens is 346 g/mol. The number of hydrogen-bond acceptors (Lipinski definition) is 6. The monoisotopic (exact) mass is 369 g/mol. The van der Waals surface area contributed by atoms with Crippen LogP contribution in [0.4, 0.5) is 17.2 Å². The van der Waals surface area contributed by atoms with Crippen molar-refractivity contribution < 1.29 is 14.3 Å². The summed E-state index contributed by atoms with van der Waals surface area (Å²) in [6.07, 6.45) is 1.76. The van der Waals surface area contributed by atoms with Gasteiger partial charge in [0.15, 0.2) is 0 Å². The number of pyridine rings is 1. The van der Waals surface area contributed by atoms with Crippen molar-refractivity contribution in [2.24, 2.45) is 0 Å². The van der Waals surface area contributed by atoms with E-state index in [1.54, 1.807) is 44.4 Å². The van der Waals surface area contributed by atoms with E-state index >= 15 is 0 Å². The number of rotatable bonds is 4. The van der Waals surface area contributed by atoms with Gasteiger partial charge in [-0.25, -0.2) is 4.98 Å². The molecule has 0 unspecified atom stereocenters. The van der Waals surface area contributed by atoms with Gasteiger partial charge in [-0.15, -0.1) is 0 Å². The molecule has 142 valence electrons. The van der Waals surface area contributed by atoms with Gasteiger partial charge >= 0.3 is 0 Å². The minimum absolute atomic E-state index is 0.0816. The van der Waals surface area contributed by atoms with Crippen LogP contribution in [0.1, 0.15) is 16.8 Å². The number of nitrogen functional groups attached to an aromatic ring is 1. The summed E-state index contributed by atoms with van der Waals surface area (Å²) in [5.41, 5.74) is 7.51. The fourth-order valence-corrected chi connectivity index (χ4v) is 2.90. The Bertz CT molecular complexity index is 851. The van der Waals surface area contributed by atoms with E-state index in [9.17, 15) is 9.59 Å². The van der Waals surface area contributed by atoms with Crippen LogP contribution in [-0.4, -0.2) is 55.5 Å². The number of benzene rings is 1. The Morgan fingerprint density at radius 3 is 2.78 bits per heavy atom. The highest BCUT2D eigenvalue weighted by Crippen LogP contribution is 2.34. The molecule has 0 aliphatic carbocycles. The van der Waals surface area contributed by atoms with Crippen LogP contribution in [0.2, 0.25) is 0 Å². The third-order valence-electron chi connectivity index (χ3n) is 4.46. The second-order valence-electron chi connectivity index (χ2n) is 6.68. The first-order valence-electron chi connectivity index (χ1n) is 8.58. The first-order valence-corrected chi connectivity index (χ1v) is 8.58. The van der Waals surface area contributed by atoms with Crippen molar-refractivity contribution in [1.82, 2.24) is 9.88 Å². The van der Waals surface area contributed by atoms with E-state index < -0.39 is 0 Å². The zero-order valence-corrected chi connectivity index (χ0v) is 15.6. The SMILES string of the molecule is CN(C)C(=O)c1ccc2c(c1)N(C)[C@H](CC(=O)Nc1ccc(N)nc1)CO2. The second kappa shape index (κ2) is 7.53. The van der Waals surface area contributed by atoms with Gasteiger partial charge in [0.05, 0.1) is 30.0 Å². The predicted molar refractivity (Wildman–Crippen MR) is 104 cm³/mol. The van der Waals surface area contributed by atoms with Gasteiger partial charge in [-0.05, 0) is 30.3 Å². The Morgan fingerprint density at radius 2 is 2.11 bits per heavy atom. The van der Waals surface area contributed by atoms with Crippen molar-refractivity contribution in [2.75, 3.05) is 43.7 Å². The van der Waals surface area contributed by atoms with Gasteiger partial charge in [-0.1, -0.05) is 0 Å². The lowest BCUT2D eigenvalue weighted by Crippen LogP contribution is -2.42. The predicted octanol–water partition coefficient (Wildman–Crippen LogP) is 1.59. The van der Waals surface area contributed by atoms with E-state index in [0.29, 0.717) is 29.4 Å². The maximum Gasteiger partial charge on any atom is 0.253 e. The number of amides is 2. The van der Waals surface area contributed by atoms with Crippen molar-refractivity contribution in [3.05, 3.63) is 42.1 Å². The lowest BCUT2D eigenvalue weighted by atomic mass is 10.1. The van der Waals surface area contributed by atoms with Gasteiger partial charge in [0.2, 0.25) is 5.91 Å². The quantitative estimate of drug-likeness (QED) is 0.849. The molecule has 0 bridgehead atoms. The van der Waals surface area contributed by atoms with Gasteiger partial charge in [-0.3, -0.25) is 9.59 Å². The summed E-state index contributed by atoms with van der Waals surface area (Å²) in [6, 6.07) is 8.52. The summed E-state index contributed by atoms with van der Waals surface area (Å²) in [7, 11) is 5.32. The van der Waals surface area contributed by atoms with E-state index in [1.165, 1.54) is 11.1 Å². The number of hydrogen-bond donors (Lipinski definition) is 2. The van der Waals surface area contributed by atoms with Crippen LogP contribution in [0.5, 0.6) is 5.75 Å². The molecule has 2 heterocycles. The zero-order chi connectivity index (χ0) is 19.6. The Balaban J connectivity index is 1.70. The highest BCUT2D eigenvalue weighted by atomic mass is 16.5. The van der Waals surface area contributed by atoms with Crippen LogP contribution in [0, 0.1) is 0 Å². The largest absolute Gasteiger partial charge is 0.489 e. The van der Waals surface area contributed by atoms with Gasteiger partial charge < -0.3 is 25.6 Å². The van der Waals surface area contributed by atoms with E-state index in [1.807, 2.05) is 11.9 Å². The molecule has 0 spiro atoms. The summed E-state index contributed by atoms with van der Waals surface area (Å²) in [5.74, 6) is 0.869. The number of anilines is 3. The molecule has 27 heavy (non-hydrogen) atoms. The normalized spacial score (nSPS) is 15.5. The minimum Gasteiger partial charge on any atom is -0.489 e. The molecule has 0 radical (unpaired) electrons. The standard InChI is InChI=1S/C19H23N5O3/c1-23(2)19(26)12-4-6-16-15(8-12)24(3)14(11-27-16)9-18(25)22-13-5-7-17(20)21-10-13/h4-8,10,14H,9,11H2,1-3H3,(H2,20,21)(H,22,25)/t14-/m1/s1. The third kappa shape index (κ3) is 4.11. The van der Waals surface area contributed by atoms with Gasteiger partial charge in [0, 0.05) is 26.7 Å². The van der Waals surface area contributed by atoms with Crippen LogP contribution in [0.3, 0.4) is 0 Å². The smallest absolute Gasteiger partial charge is 0.253 e. The summed E-state index contributed by atoms with van der Waals surface area (Å²) in [5, 5.41) is 2.81. The molecule has 0 saturated heterocycles. The van der Waals surface area contributed by atoms with Gasteiger partial charge in [0.25, 0.3) is 5.91 Å². The number of fused-ring (bicyclic) bond motifs is 1. The molecule has 2 aromatic rings. The van der Waals surface area contributed by atoms with E-state index in [4.69, 9.17) is 10.5 Å². The molecule has 0 saturated carbocycles. The van der Waals surface area contributed by atoms with Crippen molar-refractivity contribution in [3.63, 3.8) is 0 Å². The zero-order valence-electron chi connectivity index (χ0n) is 15.6. The molecular formula is C19H23N5O3. The highest BCUT2D eigenvalue weighted by molar-refractivity contribution is 5.95. The fraction of sp³-hybridized carbons (Fsp3) is 0.316. The number of carbonyl (C=O) groups excluding carboxylic acids is 2. The van der Waals surface area contributed by atoms with Crippen molar-refractivity contribution in [3.8, 4) is 5.75 Å². The lowest BCUT2D eigenvalue weighted by molar-refractivity contribution is -0.116. The number of nitrogens with one attached hydrogen (secondary N) is 1. The molecule has 3 rings (SSSR count). The first kappa shape index (κ1) is 18.5. The fourth-order valence-electron chi connectivity index (χ4n) is 2.90. The number of nitrogens with zero attached hydrogens (tertiary/aromatic N) is 3. The molecule has 3 N–H and O–H groups in total. The third-order valence-corrected chi connectivity index (χ3v) is 4.46. The molecule has 8 nitrogen and oxygen atoms in total. The topological polar surface area (TPSA) is 101 Å². The number of nitrogens with two attached hydrogens (primary N) is 1. The van der Waals surface area contributed by atoms with Gasteiger partial charge in [0.1, 0.15) is 18.2 Å². The summed E-state index contributed by atoms with van der Waals surface area (Å²) in [4.78, 5) is 32.0. The van der Waals surface area contributed by atoms with Crippen molar-refractivity contribution in [2.45, 2.75) is 12.5 Å². The molecule has 1 aliphatic heterocycles. The molecule has 1 aromatic heterocycles. The molecule has 1 aromatic carbocycles. The molecule has 8 heteroatoms. The van der Waals surface area contributed by atoms with Crippen molar-refractivity contribution in [1.29, 1.82) is 0 Å². The number of aromatic nitrogens is 1. The van der Waals surface area contributed by atoms with E-state index in [0.717, 1.165) is 5.69 Å². The first-order chi connectivity index (χ1) is 12.8. The summed E-state index contributed by atoms with van der Waals surface area (Å²) in [6.45, 7) is 0.387. The van der Waals surface area contributed by atoms with Crippen LogP contribution < -0.4 is 20.7 Å². The summed E-state index contributed by atoms with van der Waals surface area (Å²) >= 11 is 0. The van der Waals surface area contributed by atoms with E-state index in [-0.39, 0.29) is 24.3 Å². The number of likely N-dealkylation sites (N-methyl/N-ethyl adjacent to an activating group) is 1. The highest BCUT2D eigenvalue weighted by Gasteiger charge is 2.28. The minimum atomic E-state index is -0.149. The second-order valence-corrected chi connectivity index (χ2v) is 6.68. The molecule has 0 fully saturated rings. The maximum atomic E-state index is 12.4. The van der Waals surface area contributed by atoms with Crippen LogP contribution >= 0.6 is 0 Å². The average Bonchev–Trinajstić information content (AvgIpc) is 2.65. The van der Waals surface area contributed by atoms with Gasteiger partial charge in [-0.2, -0.15) is 0 Å². The van der Waals surface area contributed by atoms with Crippen LogP contribution in [0.25, 0.3) is 0 Å². The Labute approximate surface area is 157 Å². The molecule has 1 atom stereocenters. The Hall–Kier alpha value is -3.29. The Kier molecular flexibility index (Phi) is 5.16. The molecule has 2 amide bonds. The Morgan fingerprint density at radius 1 is 1.33 bits per heavy atom. The number of carbonyl (C=O) groups is 2. The number of ether oxygens (including phenoxy) is 1. The van der Waals surface area contributed by atoms with Crippen LogP contribution in [0.15, 0.2) is 36.5 Å². The maximum absolute atomic E-state index is 12.4. The van der Waals surface area contributed by atoms with Crippen molar-refractivity contribution >= 4 is 29.0 Å². The van der Waals surface area contributed by atoms with E-state index in [2.05, 4.69) is 10.3 Å². The average molecular weight is 369 g/mol.